The fourth-order valence-corrected chi connectivity index (χ4v) is 1.99. The topological polar surface area (TPSA) is 48.1 Å². The van der Waals surface area contributed by atoms with Gasteiger partial charge in [0.05, 0.1) is 5.02 Å². The van der Waals surface area contributed by atoms with Crippen LogP contribution < -0.4 is 10.5 Å². The van der Waals surface area contributed by atoms with Gasteiger partial charge in [0, 0.05) is 18.3 Å². The van der Waals surface area contributed by atoms with E-state index >= 15 is 0 Å². The standard InChI is InChI=1S/C15H17ClN2O/c1-2-5-12-8-11(10-17)9-15(18-12)19-14-7-4-3-6-13(14)16/h3-4,6-9H,2,5,10,17H2,1H3. The van der Waals surface area contributed by atoms with E-state index in [1.807, 2.05) is 30.3 Å². The molecule has 0 amide bonds. The van der Waals surface area contributed by atoms with Crippen LogP contribution in [0.3, 0.4) is 0 Å². The van der Waals surface area contributed by atoms with Crippen LogP contribution in [0.5, 0.6) is 11.6 Å². The number of hydrogen-bond donors (Lipinski definition) is 1. The van der Waals surface area contributed by atoms with Crippen molar-refractivity contribution in [1.29, 1.82) is 0 Å². The number of benzene rings is 1. The maximum Gasteiger partial charge on any atom is 0.219 e. The zero-order valence-corrected chi connectivity index (χ0v) is 11.7. The van der Waals surface area contributed by atoms with Crippen LogP contribution in [0, 0.1) is 0 Å². The van der Waals surface area contributed by atoms with Crippen molar-refractivity contribution >= 4 is 11.6 Å². The minimum atomic E-state index is 0.470. The van der Waals surface area contributed by atoms with E-state index in [9.17, 15) is 0 Å². The van der Waals surface area contributed by atoms with Gasteiger partial charge in [-0.25, -0.2) is 4.98 Å². The molecular weight excluding hydrogens is 260 g/mol. The Kier molecular flexibility index (Phi) is 4.77. The summed E-state index contributed by atoms with van der Waals surface area (Å²) >= 11 is 6.07. The third-order valence-corrected chi connectivity index (χ3v) is 3.02. The van der Waals surface area contributed by atoms with Crippen molar-refractivity contribution in [2.45, 2.75) is 26.3 Å². The molecule has 0 spiro atoms. The molecule has 0 radical (unpaired) electrons. The predicted molar refractivity (Wildman–Crippen MR) is 77.6 cm³/mol. The third kappa shape index (κ3) is 3.69. The Morgan fingerprint density at radius 1 is 1.26 bits per heavy atom. The fourth-order valence-electron chi connectivity index (χ4n) is 1.81. The number of nitrogens with zero attached hydrogens (tertiary/aromatic N) is 1. The number of halogens is 1. The van der Waals surface area contributed by atoms with Crippen molar-refractivity contribution in [2.24, 2.45) is 5.73 Å². The molecule has 0 saturated heterocycles. The van der Waals surface area contributed by atoms with Gasteiger partial charge in [-0.05, 0) is 30.2 Å². The lowest BCUT2D eigenvalue weighted by molar-refractivity contribution is 0.460. The molecule has 0 atom stereocenters. The average Bonchev–Trinajstić information content (AvgIpc) is 2.41. The summed E-state index contributed by atoms with van der Waals surface area (Å²) in [5.41, 5.74) is 7.71. The zero-order valence-electron chi connectivity index (χ0n) is 10.9. The van der Waals surface area contributed by atoms with Crippen molar-refractivity contribution in [1.82, 2.24) is 4.98 Å². The Balaban J connectivity index is 2.29. The first-order valence-corrected chi connectivity index (χ1v) is 6.73. The molecule has 100 valence electrons. The Morgan fingerprint density at radius 3 is 2.74 bits per heavy atom. The maximum absolute atomic E-state index is 6.07. The number of ether oxygens (including phenoxy) is 1. The highest BCUT2D eigenvalue weighted by Crippen LogP contribution is 2.28. The molecule has 2 N–H and O–H groups in total. The summed E-state index contributed by atoms with van der Waals surface area (Å²) < 4.78 is 5.74. The highest BCUT2D eigenvalue weighted by molar-refractivity contribution is 6.32. The van der Waals surface area contributed by atoms with Crippen LogP contribution in [0.2, 0.25) is 5.02 Å². The molecule has 0 fully saturated rings. The van der Waals surface area contributed by atoms with Crippen LogP contribution in [0.15, 0.2) is 36.4 Å². The third-order valence-electron chi connectivity index (χ3n) is 2.71. The van der Waals surface area contributed by atoms with Crippen molar-refractivity contribution in [3.63, 3.8) is 0 Å². The number of pyridine rings is 1. The summed E-state index contributed by atoms with van der Waals surface area (Å²) in [5.74, 6) is 1.15. The normalized spacial score (nSPS) is 10.5. The molecule has 1 aromatic heterocycles. The molecule has 0 aliphatic heterocycles. The van der Waals surface area contributed by atoms with Gasteiger partial charge < -0.3 is 10.5 Å². The second kappa shape index (κ2) is 6.55. The molecule has 4 heteroatoms. The molecule has 0 aliphatic carbocycles. The van der Waals surface area contributed by atoms with Gasteiger partial charge in [-0.3, -0.25) is 0 Å². The SMILES string of the molecule is CCCc1cc(CN)cc(Oc2ccccc2Cl)n1. The largest absolute Gasteiger partial charge is 0.437 e. The van der Waals surface area contributed by atoms with E-state index in [1.54, 1.807) is 6.07 Å². The summed E-state index contributed by atoms with van der Waals surface area (Å²) in [5, 5.41) is 0.569. The van der Waals surface area contributed by atoms with E-state index in [4.69, 9.17) is 22.1 Å². The molecule has 19 heavy (non-hydrogen) atoms. The van der Waals surface area contributed by atoms with Gasteiger partial charge >= 0.3 is 0 Å². The highest BCUT2D eigenvalue weighted by atomic mass is 35.5. The quantitative estimate of drug-likeness (QED) is 0.900. The summed E-state index contributed by atoms with van der Waals surface area (Å²) in [4.78, 5) is 4.47. The molecule has 0 aliphatic rings. The Labute approximate surface area is 118 Å². The molecule has 1 aromatic carbocycles. The van der Waals surface area contributed by atoms with E-state index in [0.29, 0.717) is 23.2 Å². The summed E-state index contributed by atoms with van der Waals surface area (Å²) in [6, 6.07) is 11.2. The van der Waals surface area contributed by atoms with Gasteiger partial charge in [0.25, 0.3) is 0 Å². The van der Waals surface area contributed by atoms with Crippen molar-refractivity contribution in [2.75, 3.05) is 0 Å². The minimum Gasteiger partial charge on any atom is -0.437 e. The number of aryl methyl sites for hydroxylation is 1. The Bertz CT molecular complexity index is 558. The number of nitrogens with two attached hydrogens (primary N) is 1. The molecule has 2 aromatic rings. The van der Waals surface area contributed by atoms with Crippen LogP contribution in [-0.2, 0) is 13.0 Å². The van der Waals surface area contributed by atoms with Crippen LogP contribution >= 0.6 is 11.6 Å². The van der Waals surface area contributed by atoms with Crippen LogP contribution in [0.4, 0.5) is 0 Å². The van der Waals surface area contributed by atoms with E-state index in [0.717, 1.165) is 24.1 Å². The van der Waals surface area contributed by atoms with E-state index < -0.39 is 0 Å². The second-order valence-corrected chi connectivity index (χ2v) is 4.70. The Morgan fingerprint density at radius 2 is 2.05 bits per heavy atom. The van der Waals surface area contributed by atoms with Gasteiger partial charge in [-0.2, -0.15) is 0 Å². The van der Waals surface area contributed by atoms with Gasteiger partial charge in [0.1, 0.15) is 5.75 Å². The summed E-state index contributed by atoms with van der Waals surface area (Å²) in [6.07, 6.45) is 1.94. The van der Waals surface area contributed by atoms with Crippen molar-refractivity contribution in [3.05, 3.63) is 52.7 Å². The van der Waals surface area contributed by atoms with E-state index in [-0.39, 0.29) is 0 Å². The minimum absolute atomic E-state index is 0.470. The summed E-state index contributed by atoms with van der Waals surface area (Å²) in [7, 11) is 0. The van der Waals surface area contributed by atoms with Crippen LogP contribution in [0.1, 0.15) is 24.6 Å². The van der Waals surface area contributed by atoms with Crippen molar-refractivity contribution < 1.29 is 4.74 Å². The van der Waals surface area contributed by atoms with Gasteiger partial charge in [0.15, 0.2) is 0 Å². The Hall–Kier alpha value is -1.58. The number of aromatic nitrogens is 1. The summed E-state index contributed by atoms with van der Waals surface area (Å²) in [6.45, 7) is 2.59. The van der Waals surface area contributed by atoms with Crippen LogP contribution in [-0.4, -0.2) is 4.98 Å². The first-order chi connectivity index (χ1) is 9.22. The molecule has 0 unspecified atom stereocenters. The highest BCUT2D eigenvalue weighted by Gasteiger charge is 2.06. The molecule has 0 bridgehead atoms. The predicted octanol–water partition coefficient (Wildman–Crippen LogP) is 3.94. The van der Waals surface area contributed by atoms with Crippen LogP contribution in [0.25, 0.3) is 0 Å². The number of rotatable bonds is 5. The lowest BCUT2D eigenvalue weighted by Crippen LogP contribution is -2.01. The van der Waals surface area contributed by atoms with Gasteiger partial charge in [0.2, 0.25) is 5.88 Å². The monoisotopic (exact) mass is 276 g/mol. The van der Waals surface area contributed by atoms with E-state index in [2.05, 4.69) is 11.9 Å². The average molecular weight is 277 g/mol. The molecule has 2 rings (SSSR count). The fraction of sp³-hybridized carbons (Fsp3) is 0.267. The maximum atomic E-state index is 6.07. The van der Waals surface area contributed by atoms with E-state index in [1.165, 1.54) is 0 Å². The molecule has 1 heterocycles. The first kappa shape index (κ1) is 13.8. The molecular formula is C15H17ClN2O. The first-order valence-electron chi connectivity index (χ1n) is 6.35. The smallest absolute Gasteiger partial charge is 0.219 e. The number of para-hydroxylation sites is 1. The van der Waals surface area contributed by atoms with Crippen molar-refractivity contribution in [3.8, 4) is 11.6 Å². The number of hydrogen-bond acceptors (Lipinski definition) is 3. The molecule has 3 nitrogen and oxygen atoms in total. The van der Waals surface area contributed by atoms with Gasteiger partial charge in [-0.15, -0.1) is 0 Å². The second-order valence-electron chi connectivity index (χ2n) is 4.29. The lowest BCUT2D eigenvalue weighted by Gasteiger charge is -2.09. The zero-order chi connectivity index (χ0) is 13.7. The lowest BCUT2D eigenvalue weighted by atomic mass is 10.1. The molecule has 0 saturated carbocycles. The van der Waals surface area contributed by atoms with Gasteiger partial charge in [-0.1, -0.05) is 37.1 Å².